The molecule has 1 saturated heterocycles. The number of Topliss-reactive ketones (excluding diaryl/α,β-unsaturated/α-hetero) is 1. The van der Waals surface area contributed by atoms with E-state index in [9.17, 15) is 14.4 Å². The van der Waals surface area contributed by atoms with Crippen molar-refractivity contribution in [3.63, 3.8) is 0 Å². The van der Waals surface area contributed by atoms with E-state index in [0.717, 1.165) is 4.90 Å². The van der Waals surface area contributed by atoms with Crippen LogP contribution in [0.1, 0.15) is 32.4 Å². The van der Waals surface area contributed by atoms with Crippen molar-refractivity contribution in [2.45, 2.75) is 32.2 Å². The molecular weight excluding hydrogens is 248 g/mol. The molecule has 2 rings (SSSR count). The van der Waals surface area contributed by atoms with Gasteiger partial charge in [0, 0.05) is 13.0 Å². The monoisotopic (exact) mass is 264 g/mol. The fourth-order valence-electron chi connectivity index (χ4n) is 2.12. The van der Waals surface area contributed by atoms with Crippen LogP contribution in [-0.2, 0) is 15.1 Å². The molecule has 0 spiro atoms. The Morgan fingerprint density at radius 3 is 2.79 bits per heavy atom. The molecule has 1 aliphatic rings. The highest BCUT2D eigenvalue weighted by atomic mass is 16.3. The molecule has 3 amide bonds. The lowest BCUT2D eigenvalue weighted by Crippen LogP contribution is -2.40. The molecule has 6 nitrogen and oxygen atoms in total. The SMILES string of the molecule is CC(=O)CCCN1C(=O)NC(C)(c2ccco2)C1=O. The highest BCUT2D eigenvalue weighted by molar-refractivity contribution is 6.06. The van der Waals surface area contributed by atoms with Crippen molar-refractivity contribution in [1.29, 1.82) is 0 Å². The number of nitrogens with one attached hydrogen (secondary N) is 1. The summed E-state index contributed by atoms with van der Waals surface area (Å²) in [6, 6.07) is 2.86. The zero-order valence-corrected chi connectivity index (χ0v) is 10.9. The van der Waals surface area contributed by atoms with Gasteiger partial charge in [0.25, 0.3) is 5.91 Å². The van der Waals surface area contributed by atoms with Gasteiger partial charge in [-0.15, -0.1) is 0 Å². The average Bonchev–Trinajstić information content (AvgIpc) is 2.92. The minimum atomic E-state index is -1.16. The molecule has 0 radical (unpaired) electrons. The predicted octanol–water partition coefficient (Wildman–Crippen LogP) is 1.42. The first-order valence-electron chi connectivity index (χ1n) is 6.12. The highest BCUT2D eigenvalue weighted by Crippen LogP contribution is 2.29. The van der Waals surface area contributed by atoms with Crippen LogP contribution in [0.3, 0.4) is 0 Å². The molecule has 1 atom stereocenters. The Morgan fingerprint density at radius 1 is 1.47 bits per heavy atom. The summed E-state index contributed by atoms with van der Waals surface area (Å²) in [6.07, 6.45) is 2.29. The number of imide groups is 1. The van der Waals surface area contributed by atoms with E-state index >= 15 is 0 Å². The molecule has 1 aliphatic heterocycles. The van der Waals surface area contributed by atoms with Crippen molar-refractivity contribution in [3.8, 4) is 0 Å². The van der Waals surface area contributed by atoms with Crippen LogP contribution in [-0.4, -0.2) is 29.2 Å². The first kappa shape index (κ1) is 13.3. The maximum atomic E-state index is 12.3. The Morgan fingerprint density at radius 2 is 2.21 bits per heavy atom. The molecule has 19 heavy (non-hydrogen) atoms. The van der Waals surface area contributed by atoms with Crippen LogP contribution in [0, 0.1) is 0 Å². The fraction of sp³-hybridized carbons (Fsp3) is 0.462. The number of urea groups is 1. The number of hydrogen-bond donors (Lipinski definition) is 1. The predicted molar refractivity (Wildman–Crippen MR) is 66.2 cm³/mol. The van der Waals surface area contributed by atoms with Gasteiger partial charge in [0.2, 0.25) is 0 Å². The van der Waals surface area contributed by atoms with Gasteiger partial charge in [-0.1, -0.05) is 0 Å². The van der Waals surface area contributed by atoms with Crippen LogP contribution in [0.15, 0.2) is 22.8 Å². The number of carbonyl (C=O) groups excluding carboxylic acids is 3. The molecule has 0 aliphatic carbocycles. The summed E-state index contributed by atoms with van der Waals surface area (Å²) in [6.45, 7) is 3.33. The number of rotatable bonds is 5. The summed E-state index contributed by atoms with van der Waals surface area (Å²) in [5, 5.41) is 2.63. The summed E-state index contributed by atoms with van der Waals surface area (Å²) < 4.78 is 5.21. The third-order valence-electron chi connectivity index (χ3n) is 3.20. The number of amides is 3. The van der Waals surface area contributed by atoms with E-state index in [1.807, 2.05) is 0 Å². The topological polar surface area (TPSA) is 79.6 Å². The fourth-order valence-corrected chi connectivity index (χ4v) is 2.12. The Labute approximate surface area is 110 Å². The Kier molecular flexibility index (Phi) is 3.42. The van der Waals surface area contributed by atoms with E-state index in [2.05, 4.69) is 5.32 Å². The standard InChI is InChI=1S/C13H16N2O4/c1-9(16)5-3-7-15-11(17)13(2,14-12(15)18)10-6-4-8-19-10/h4,6,8H,3,5,7H2,1-2H3,(H,14,18). The average molecular weight is 264 g/mol. The van der Waals surface area contributed by atoms with Gasteiger partial charge >= 0.3 is 6.03 Å². The van der Waals surface area contributed by atoms with Crippen LogP contribution in [0.5, 0.6) is 0 Å². The summed E-state index contributed by atoms with van der Waals surface area (Å²) in [5.41, 5.74) is -1.16. The zero-order chi connectivity index (χ0) is 14.0. The largest absolute Gasteiger partial charge is 0.466 e. The molecule has 102 valence electrons. The van der Waals surface area contributed by atoms with Gasteiger partial charge in [-0.25, -0.2) is 4.79 Å². The lowest BCUT2D eigenvalue weighted by atomic mass is 9.99. The summed E-state index contributed by atoms with van der Waals surface area (Å²) in [4.78, 5) is 36.2. The minimum Gasteiger partial charge on any atom is -0.466 e. The third kappa shape index (κ3) is 2.38. The molecular formula is C13H16N2O4. The molecule has 1 N–H and O–H groups in total. The molecule has 0 saturated carbocycles. The number of nitrogens with zero attached hydrogens (tertiary/aromatic N) is 1. The first-order chi connectivity index (χ1) is 8.95. The van der Waals surface area contributed by atoms with Gasteiger partial charge in [-0.3, -0.25) is 9.69 Å². The van der Waals surface area contributed by atoms with Crippen LogP contribution < -0.4 is 5.32 Å². The van der Waals surface area contributed by atoms with Crippen LogP contribution in [0.4, 0.5) is 4.79 Å². The summed E-state index contributed by atoms with van der Waals surface area (Å²) in [7, 11) is 0. The van der Waals surface area contributed by atoms with Crippen LogP contribution in [0.25, 0.3) is 0 Å². The second-order valence-corrected chi connectivity index (χ2v) is 4.79. The second kappa shape index (κ2) is 4.87. The van der Waals surface area contributed by atoms with Gasteiger partial charge < -0.3 is 14.5 Å². The molecule has 6 heteroatoms. The zero-order valence-electron chi connectivity index (χ0n) is 10.9. The maximum Gasteiger partial charge on any atom is 0.325 e. The number of carbonyl (C=O) groups is 3. The number of hydrogen-bond acceptors (Lipinski definition) is 4. The maximum absolute atomic E-state index is 12.3. The van der Waals surface area contributed by atoms with E-state index in [-0.39, 0.29) is 18.2 Å². The van der Waals surface area contributed by atoms with E-state index in [0.29, 0.717) is 18.6 Å². The Balaban J connectivity index is 2.10. The Bertz CT molecular complexity index is 509. The number of ketones is 1. The van der Waals surface area contributed by atoms with E-state index in [1.165, 1.54) is 13.2 Å². The summed E-state index contributed by atoms with van der Waals surface area (Å²) in [5.74, 6) is 0.0942. The van der Waals surface area contributed by atoms with Crippen molar-refractivity contribution < 1.29 is 18.8 Å². The Hall–Kier alpha value is -2.11. The third-order valence-corrected chi connectivity index (χ3v) is 3.20. The molecule has 2 heterocycles. The van der Waals surface area contributed by atoms with Crippen molar-refractivity contribution in [2.75, 3.05) is 6.54 Å². The highest BCUT2D eigenvalue weighted by Gasteiger charge is 2.50. The van der Waals surface area contributed by atoms with Gasteiger partial charge in [-0.05, 0) is 32.4 Å². The lowest BCUT2D eigenvalue weighted by molar-refractivity contribution is -0.132. The van der Waals surface area contributed by atoms with Gasteiger partial charge in [0.1, 0.15) is 11.5 Å². The van der Waals surface area contributed by atoms with Crippen molar-refractivity contribution >= 4 is 17.7 Å². The van der Waals surface area contributed by atoms with E-state index < -0.39 is 11.6 Å². The lowest BCUT2D eigenvalue weighted by Gasteiger charge is -2.18. The molecule has 1 aromatic rings. The molecule has 1 aromatic heterocycles. The van der Waals surface area contributed by atoms with Crippen molar-refractivity contribution in [3.05, 3.63) is 24.2 Å². The number of furan rings is 1. The first-order valence-corrected chi connectivity index (χ1v) is 6.12. The van der Waals surface area contributed by atoms with Crippen molar-refractivity contribution in [1.82, 2.24) is 10.2 Å². The van der Waals surface area contributed by atoms with Gasteiger partial charge in [0.15, 0.2) is 5.54 Å². The summed E-state index contributed by atoms with van der Waals surface area (Å²) >= 11 is 0. The van der Waals surface area contributed by atoms with Crippen LogP contribution >= 0.6 is 0 Å². The second-order valence-electron chi connectivity index (χ2n) is 4.79. The quantitative estimate of drug-likeness (QED) is 0.815. The van der Waals surface area contributed by atoms with E-state index in [4.69, 9.17) is 4.42 Å². The molecule has 0 bridgehead atoms. The van der Waals surface area contributed by atoms with Gasteiger partial charge in [-0.2, -0.15) is 0 Å². The van der Waals surface area contributed by atoms with Crippen molar-refractivity contribution in [2.24, 2.45) is 0 Å². The molecule has 1 unspecified atom stereocenters. The molecule has 1 fully saturated rings. The van der Waals surface area contributed by atoms with Crippen LogP contribution in [0.2, 0.25) is 0 Å². The van der Waals surface area contributed by atoms with E-state index in [1.54, 1.807) is 19.1 Å². The molecule has 0 aromatic carbocycles. The normalized spacial score (nSPS) is 22.7. The minimum absolute atomic E-state index is 0.0425. The van der Waals surface area contributed by atoms with Gasteiger partial charge in [0.05, 0.1) is 6.26 Å². The smallest absolute Gasteiger partial charge is 0.325 e.